The molecule has 2 aliphatic rings. The SMILES string of the molecule is Cc1cc2c(n1C1CCC(=O)N(C)C1)CCCC2=O. The number of piperidine rings is 1. The average Bonchev–Trinajstić information content (AvgIpc) is 2.71. The fourth-order valence-corrected chi connectivity index (χ4v) is 3.46. The van der Waals surface area contributed by atoms with Crippen LogP contribution in [0.15, 0.2) is 6.07 Å². The van der Waals surface area contributed by atoms with Gasteiger partial charge in [0.2, 0.25) is 5.91 Å². The lowest BCUT2D eigenvalue weighted by Gasteiger charge is -2.33. The third-order valence-electron chi connectivity index (χ3n) is 4.42. The van der Waals surface area contributed by atoms with E-state index in [0.717, 1.165) is 37.1 Å². The second kappa shape index (κ2) is 4.51. The van der Waals surface area contributed by atoms with E-state index >= 15 is 0 Å². The van der Waals surface area contributed by atoms with Gasteiger partial charge < -0.3 is 9.47 Å². The number of carbonyl (C=O) groups is 2. The maximum atomic E-state index is 12.0. The van der Waals surface area contributed by atoms with Gasteiger partial charge in [0, 0.05) is 43.4 Å². The van der Waals surface area contributed by atoms with Crippen LogP contribution < -0.4 is 0 Å². The van der Waals surface area contributed by atoms with Crippen LogP contribution in [-0.4, -0.2) is 34.7 Å². The highest BCUT2D eigenvalue weighted by Gasteiger charge is 2.29. The lowest BCUT2D eigenvalue weighted by Crippen LogP contribution is -2.38. The summed E-state index contributed by atoms with van der Waals surface area (Å²) < 4.78 is 2.31. The number of Topliss-reactive ketones (excluding diaryl/α,β-unsaturated/α-hetero) is 1. The first kappa shape index (κ1) is 12.5. The Hall–Kier alpha value is -1.58. The Bertz CT molecular complexity index is 545. The number of aromatic nitrogens is 1. The Morgan fingerprint density at radius 1 is 1.21 bits per heavy atom. The van der Waals surface area contributed by atoms with Crippen molar-refractivity contribution in [3.05, 3.63) is 23.0 Å². The molecule has 19 heavy (non-hydrogen) atoms. The molecule has 0 bridgehead atoms. The minimum absolute atomic E-state index is 0.228. The number of carbonyl (C=O) groups excluding carboxylic acids is 2. The van der Waals surface area contributed by atoms with Crippen LogP contribution in [0.25, 0.3) is 0 Å². The predicted octanol–water partition coefficient (Wildman–Crippen LogP) is 2.11. The molecule has 1 aromatic rings. The molecule has 1 aromatic heterocycles. The summed E-state index contributed by atoms with van der Waals surface area (Å²) in [7, 11) is 1.87. The first-order valence-electron chi connectivity index (χ1n) is 7.06. The summed E-state index contributed by atoms with van der Waals surface area (Å²) in [6.07, 6.45) is 4.13. The van der Waals surface area contributed by atoms with E-state index in [4.69, 9.17) is 0 Å². The molecule has 1 amide bonds. The van der Waals surface area contributed by atoms with E-state index < -0.39 is 0 Å². The molecular formula is C15H20N2O2. The van der Waals surface area contributed by atoms with Gasteiger partial charge >= 0.3 is 0 Å². The van der Waals surface area contributed by atoms with E-state index in [2.05, 4.69) is 11.5 Å². The molecule has 0 radical (unpaired) electrons. The van der Waals surface area contributed by atoms with E-state index in [1.54, 1.807) is 0 Å². The van der Waals surface area contributed by atoms with Crippen molar-refractivity contribution < 1.29 is 9.59 Å². The van der Waals surface area contributed by atoms with Gasteiger partial charge in [-0.2, -0.15) is 0 Å². The Morgan fingerprint density at radius 3 is 2.74 bits per heavy atom. The van der Waals surface area contributed by atoms with Crippen LogP contribution in [-0.2, 0) is 11.2 Å². The van der Waals surface area contributed by atoms with Gasteiger partial charge in [0.05, 0.1) is 6.04 Å². The normalized spacial score (nSPS) is 23.7. The zero-order chi connectivity index (χ0) is 13.6. The van der Waals surface area contributed by atoms with Gasteiger partial charge in [0.1, 0.15) is 0 Å². The Kier molecular flexibility index (Phi) is 2.96. The van der Waals surface area contributed by atoms with Crippen molar-refractivity contribution in [3.63, 3.8) is 0 Å². The van der Waals surface area contributed by atoms with Gasteiger partial charge in [0.25, 0.3) is 0 Å². The number of aryl methyl sites for hydroxylation is 1. The van der Waals surface area contributed by atoms with Crippen LogP contribution in [0.1, 0.15) is 53.5 Å². The van der Waals surface area contributed by atoms with Crippen LogP contribution in [0.4, 0.5) is 0 Å². The van der Waals surface area contributed by atoms with Crippen molar-refractivity contribution in [2.45, 2.75) is 45.1 Å². The molecular weight excluding hydrogens is 240 g/mol. The highest BCUT2D eigenvalue weighted by atomic mass is 16.2. The monoisotopic (exact) mass is 260 g/mol. The molecule has 1 fully saturated rings. The van der Waals surface area contributed by atoms with Gasteiger partial charge in [-0.05, 0) is 32.3 Å². The van der Waals surface area contributed by atoms with E-state index in [1.165, 1.54) is 5.69 Å². The van der Waals surface area contributed by atoms with Crippen molar-refractivity contribution in [2.75, 3.05) is 13.6 Å². The van der Waals surface area contributed by atoms with Crippen molar-refractivity contribution in [1.82, 2.24) is 9.47 Å². The Morgan fingerprint density at radius 2 is 2.00 bits per heavy atom. The van der Waals surface area contributed by atoms with E-state index in [-0.39, 0.29) is 11.7 Å². The molecule has 0 aromatic carbocycles. The minimum Gasteiger partial charge on any atom is -0.344 e. The first-order chi connectivity index (χ1) is 9.08. The zero-order valence-electron chi connectivity index (χ0n) is 11.6. The quantitative estimate of drug-likeness (QED) is 0.776. The summed E-state index contributed by atoms with van der Waals surface area (Å²) >= 11 is 0. The number of ketones is 1. The van der Waals surface area contributed by atoms with Gasteiger partial charge in [-0.25, -0.2) is 0 Å². The number of hydrogen-bond acceptors (Lipinski definition) is 2. The largest absolute Gasteiger partial charge is 0.344 e. The van der Waals surface area contributed by atoms with Crippen molar-refractivity contribution in [2.24, 2.45) is 0 Å². The van der Waals surface area contributed by atoms with Gasteiger partial charge in [-0.3, -0.25) is 9.59 Å². The van der Waals surface area contributed by atoms with Crippen LogP contribution in [0, 0.1) is 6.92 Å². The topological polar surface area (TPSA) is 42.3 Å². The smallest absolute Gasteiger partial charge is 0.222 e. The van der Waals surface area contributed by atoms with Crippen LogP contribution in [0.5, 0.6) is 0 Å². The van der Waals surface area contributed by atoms with E-state index in [9.17, 15) is 9.59 Å². The molecule has 0 spiro atoms. The summed E-state index contributed by atoms with van der Waals surface area (Å²) in [5.74, 6) is 0.509. The number of likely N-dealkylation sites (N-methyl/N-ethyl adjacent to an activating group) is 1. The average molecular weight is 260 g/mol. The summed E-state index contributed by atoms with van der Waals surface area (Å²) in [6.45, 7) is 2.83. The third-order valence-corrected chi connectivity index (χ3v) is 4.42. The lowest BCUT2D eigenvalue weighted by molar-refractivity contribution is -0.132. The van der Waals surface area contributed by atoms with E-state index in [0.29, 0.717) is 18.9 Å². The maximum Gasteiger partial charge on any atom is 0.222 e. The molecule has 1 atom stereocenters. The summed E-state index contributed by atoms with van der Waals surface area (Å²) in [6, 6.07) is 2.37. The molecule has 1 aliphatic heterocycles. The standard InChI is InChI=1S/C15H20N2O2/c1-10-8-12-13(4-3-5-14(12)18)17(10)11-6-7-15(19)16(2)9-11/h8,11H,3-7,9H2,1-2H3. The van der Waals surface area contributed by atoms with Crippen LogP contribution in [0.3, 0.4) is 0 Å². The molecule has 0 saturated carbocycles. The zero-order valence-corrected chi connectivity index (χ0v) is 11.6. The number of likely N-dealkylation sites (tertiary alicyclic amines) is 1. The number of fused-ring (bicyclic) bond motifs is 1. The Balaban J connectivity index is 1.97. The molecule has 3 rings (SSSR count). The van der Waals surface area contributed by atoms with Gasteiger partial charge in [-0.1, -0.05) is 0 Å². The van der Waals surface area contributed by atoms with Crippen LogP contribution in [0.2, 0.25) is 0 Å². The number of amides is 1. The fourth-order valence-electron chi connectivity index (χ4n) is 3.46. The molecule has 1 aliphatic carbocycles. The molecule has 1 saturated heterocycles. The molecule has 2 heterocycles. The van der Waals surface area contributed by atoms with Gasteiger partial charge in [-0.15, -0.1) is 0 Å². The summed E-state index contributed by atoms with van der Waals surface area (Å²) in [5.41, 5.74) is 3.28. The second-order valence-electron chi connectivity index (χ2n) is 5.76. The van der Waals surface area contributed by atoms with Gasteiger partial charge in [0.15, 0.2) is 5.78 Å². The van der Waals surface area contributed by atoms with Crippen molar-refractivity contribution >= 4 is 11.7 Å². The summed E-state index contributed by atoms with van der Waals surface area (Å²) in [4.78, 5) is 25.4. The number of rotatable bonds is 1. The lowest BCUT2D eigenvalue weighted by atomic mass is 9.96. The van der Waals surface area contributed by atoms with E-state index in [1.807, 2.05) is 18.0 Å². The second-order valence-corrected chi connectivity index (χ2v) is 5.76. The molecule has 1 unspecified atom stereocenters. The fraction of sp³-hybridized carbons (Fsp3) is 0.600. The van der Waals surface area contributed by atoms with Crippen molar-refractivity contribution in [3.8, 4) is 0 Å². The number of nitrogens with zero attached hydrogens (tertiary/aromatic N) is 2. The van der Waals surface area contributed by atoms with Crippen molar-refractivity contribution in [1.29, 1.82) is 0 Å². The molecule has 0 N–H and O–H groups in total. The highest BCUT2D eigenvalue weighted by Crippen LogP contribution is 2.31. The Labute approximate surface area is 113 Å². The highest BCUT2D eigenvalue weighted by molar-refractivity contribution is 5.98. The molecule has 102 valence electrons. The minimum atomic E-state index is 0.228. The maximum absolute atomic E-state index is 12.0. The summed E-state index contributed by atoms with van der Waals surface area (Å²) in [5, 5.41) is 0. The first-order valence-corrected chi connectivity index (χ1v) is 7.06. The number of hydrogen-bond donors (Lipinski definition) is 0. The van der Waals surface area contributed by atoms with Crippen LogP contribution >= 0.6 is 0 Å². The third kappa shape index (κ3) is 1.99. The molecule has 4 nitrogen and oxygen atoms in total. The molecule has 4 heteroatoms. The predicted molar refractivity (Wildman–Crippen MR) is 72.3 cm³/mol.